The van der Waals surface area contributed by atoms with Crippen molar-refractivity contribution in [2.45, 2.75) is 0 Å². The summed E-state index contributed by atoms with van der Waals surface area (Å²) in [6, 6.07) is 30.0. The summed E-state index contributed by atoms with van der Waals surface area (Å²) in [5, 5.41) is 5.08. The molecule has 0 spiro atoms. The summed E-state index contributed by atoms with van der Waals surface area (Å²) < 4.78 is 0. The molecule has 0 radical (unpaired) electrons. The maximum absolute atomic E-state index is 3.68. The monoisotopic (exact) mass is 332 g/mol. The summed E-state index contributed by atoms with van der Waals surface area (Å²) in [6.45, 7) is 0. The quantitative estimate of drug-likeness (QED) is 0.339. The number of H-pyrrole nitrogens is 2. The van der Waals surface area contributed by atoms with Gasteiger partial charge in [0.2, 0.25) is 0 Å². The number of aromatic amines is 2. The first-order valence-corrected chi connectivity index (χ1v) is 8.89. The Hall–Kier alpha value is -3.52. The molecule has 0 fully saturated rings. The first kappa shape index (κ1) is 13.7. The van der Waals surface area contributed by atoms with Crippen LogP contribution in [0.5, 0.6) is 0 Å². The van der Waals surface area contributed by atoms with Gasteiger partial charge in [0.25, 0.3) is 0 Å². The molecule has 122 valence electrons. The van der Waals surface area contributed by atoms with Gasteiger partial charge in [-0.15, -0.1) is 0 Å². The summed E-state index contributed by atoms with van der Waals surface area (Å²) in [5.74, 6) is 0. The third kappa shape index (κ3) is 1.76. The van der Waals surface area contributed by atoms with E-state index < -0.39 is 0 Å². The third-order valence-electron chi connectivity index (χ3n) is 5.33. The van der Waals surface area contributed by atoms with Gasteiger partial charge < -0.3 is 9.97 Å². The van der Waals surface area contributed by atoms with Crippen LogP contribution in [0, 0.1) is 0 Å². The van der Waals surface area contributed by atoms with Crippen LogP contribution >= 0.6 is 0 Å². The number of nitrogens with one attached hydrogen (secondary N) is 2. The first-order chi connectivity index (χ1) is 12.9. The van der Waals surface area contributed by atoms with Crippen LogP contribution in [0.3, 0.4) is 0 Å². The molecule has 0 amide bonds. The Bertz CT molecular complexity index is 1410. The van der Waals surface area contributed by atoms with Gasteiger partial charge in [-0.05, 0) is 23.8 Å². The third-order valence-corrected chi connectivity index (χ3v) is 5.33. The van der Waals surface area contributed by atoms with Crippen molar-refractivity contribution in [3.05, 3.63) is 84.9 Å². The topological polar surface area (TPSA) is 31.6 Å². The van der Waals surface area contributed by atoms with Crippen LogP contribution in [-0.4, -0.2) is 9.97 Å². The molecule has 2 nitrogen and oxygen atoms in total. The average Bonchev–Trinajstić information content (AvgIpc) is 3.25. The van der Waals surface area contributed by atoms with Crippen LogP contribution in [-0.2, 0) is 0 Å². The van der Waals surface area contributed by atoms with Crippen LogP contribution in [0.1, 0.15) is 0 Å². The average molecular weight is 332 g/mol. The maximum Gasteiger partial charge on any atom is 0.0552 e. The fourth-order valence-corrected chi connectivity index (χ4v) is 4.21. The standard InChI is InChI=1S/C24H16N2/c1-2-8-15(9-3-1)22-23-17-11-5-7-13-20(17)25-21(23)14-18-16-10-4-6-12-19(16)26-24(18)22/h1-14,25-26H. The van der Waals surface area contributed by atoms with E-state index >= 15 is 0 Å². The highest BCUT2D eigenvalue weighted by Gasteiger charge is 2.17. The van der Waals surface area contributed by atoms with Crippen molar-refractivity contribution < 1.29 is 0 Å². The summed E-state index contributed by atoms with van der Waals surface area (Å²) >= 11 is 0. The molecule has 6 rings (SSSR count). The van der Waals surface area contributed by atoms with Gasteiger partial charge in [0, 0.05) is 43.7 Å². The number of hydrogen-bond acceptors (Lipinski definition) is 0. The molecule has 0 aliphatic heterocycles. The Morgan fingerprint density at radius 3 is 1.96 bits per heavy atom. The van der Waals surface area contributed by atoms with E-state index in [1.54, 1.807) is 0 Å². The van der Waals surface area contributed by atoms with Gasteiger partial charge in [-0.2, -0.15) is 0 Å². The van der Waals surface area contributed by atoms with E-state index in [-0.39, 0.29) is 0 Å². The molecule has 2 heteroatoms. The maximum atomic E-state index is 3.68. The zero-order valence-corrected chi connectivity index (χ0v) is 14.1. The van der Waals surface area contributed by atoms with Gasteiger partial charge in [-0.25, -0.2) is 0 Å². The lowest BCUT2D eigenvalue weighted by molar-refractivity contribution is 1.53. The zero-order valence-electron chi connectivity index (χ0n) is 14.1. The fraction of sp³-hybridized carbons (Fsp3) is 0. The molecular weight excluding hydrogens is 316 g/mol. The number of fused-ring (bicyclic) bond motifs is 6. The number of aromatic nitrogens is 2. The summed E-state index contributed by atoms with van der Waals surface area (Å²) in [7, 11) is 0. The van der Waals surface area contributed by atoms with Crippen molar-refractivity contribution >= 4 is 43.6 Å². The minimum atomic E-state index is 1.18. The van der Waals surface area contributed by atoms with Crippen molar-refractivity contribution in [3.63, 3.8) is 0 Å². The van der Waals surface area contributed by atoms with E-state index in [0.29, 0.717) is 0 Å². The van der Waals surface area contributed by atoms with Crippen molar-refractivity contribution in [1.29, 1.82) is 0 Å². The molecular formula is C24H16N2. The van der Waals surface area contributed by atoms with E-state index in [4.69, 9.17) is 0 Å². The summed E-state index contributed by atoms with van der Waals surface area (Å²) in [5.41, 5.74) is 7.25. The lowest BCUT2D eigenvalue weighted by atomic mass is 9.96. The molecule has 2 N–H and O–H groups in total. The van der Waals surface area contributed by atoms with Crippen molar-refractivity contribution in [2.24, 2.45) is 0 Å². The predicted octanol–water partition coefficient (Wildman–Crippen LogP) is 6.62. The lowest BCUT2D eigenvalue weighted by Crippen LogP contribution is -1.83. The van der Waals surface area contributed by atoms with E-state index in [1.807, 2.05) is 0 Å². The van der Waals surface area contributed by atoms with Gasteiger partial charge in [0.05, 0.1) is 5.52 Å². The van der Waals surface area contributed by atoms with Gasteiger partial charge in [0.15, 0.2) is 0 Å². The van der Waals surface area contributed by atoms with Gasteiger partial charge >= 0.3 is 0 Å². The molecule has 0 aliphatic rings. The van der Waals surface area contributed by atoms with E-state index in [2.05, 4.69) is 94.9 Å². The van der Waals surface area contributed by atoms with Crippen LogP contribution in [0.4, 0.5) is 0 Å². The van der Waals surface area contributed by atoms with Crippen molar-refractivity contribution in [2.75, 3.05) is 0 Å². The molecule has 0 aliphatic carbocycles. The highest BCUT2D eigenvalue weighted by molar-refractivity contribution is 6.25. The normalized spacial score (nSPS) is 11.8. The smallest absolute Gasteiger partial charge is 0.0552 e. The van der Waals surface area contributed by atoms with Gasteiger partial charge in [0.1, 0.15) is 0 Å². The molecule has 0 unspecified atom stereocenters. The van der Waals surface area contributed by atoms with Crippen molar-refractivity contribution in [3.8, 4) is 11.1 Å². The Morgan fingerprint density at radius 1 is 0.500 bits per heavy atom. The molecule has 2 aromatic heterocycles. The first-order valence-electron chi connectivity index (χ1n) is 8.89. The Balaban J connectivity index is 1.93. The summed E-state index contributed by atoms with van der Waals surface area (Å²) in [6.07, 6.45) is 0. The van der Waals surface area contributed by atoms with Crippen molar-refractivity contribution in [1.82, 2.24) is 9.97 Å². The van der Waals surface area contributed by atoms with E-state index in [1.165, 1.54) is 54.7 Å². The highest BCUT2D eigenvalue weighted by atomic mass is 14.7. The second-order valence-corrected chi connectivity index (χ2v) is 6.80. The predicted molar refractivity (Wildman–Crippen MR) is 111 cm³/mol. The molecule has 0 atom stereocenters. The second-order valence-electron chi connectivity index (χ2n) is 6.80. The molecule has 0 saturated heterocycles. The van der Waals surface area contributed by atoms with Gasteiger partial charge in [-0.3, -0.25) is 0 Å². The SMILES string of the molecule is c1ccc(-c2c3[nH]c4ccccc4c3cc3[nH]c4ccccc4c23)cc1. The van der Waals surface area contributed by atoms with Crippen LogP contribution in [0.2, 0.25) is 0 Å². The minimum Gasteiger partial charge on any atom is -0.354 e. The molecule has 0 bridgehead atoms. The number of rotatable bonds is 1. The number of benzene rings is 4. The Morgan fingerprint density at radius 2 is 1.15 bits per heavy atom. The molecule has 0 saturated carbocycles. The number of para-hydroxylation sites is 2. The van der Waals surface area contributed by atoms with E-state index in [9.17, 15) is 0 Å². The minimum absolute atomic E-state index is 1.18. The van der Waals surface area contributed by atoms with Crippen LogP contribution < -0.4 is 0 Å². The van der Waals surface area contributed by atoms with E-state index in [0.717, 1.165) is 0 Å². The molecule has 4 aromatic carbocycles. The van der Waals surface area contributed by atoms with Gasteiger partial charge in [-0.1, -0.05) is 66.7 Å². The Kier molecular flexibility index (Phi) is 2.64. The lowest BCUT2D eigenvalue weighted by Gasteiger charge is -2.07. The second kappa shape index (κ2) is 4.99. The Labute approximate surface area is 150 Å². The fourth-order valence-electron chi connectivity index (χ4n) is 4.21. The van der Waals surface area contributed by atoms with Crippen LogP contribution in [0.15, 0.2) is 84.9 Å². The number of hydrogen-bond donors (Lipinski definition) is 2. The van der Waals surface area contributed by atoms with Crippen LogP contribution in [0.25, 0.3) is 54.7 Å². The highest BCUT2D eigenvalue weighted by Crippen LogP contribution is 2.41. The molecule has 2 heterocycles. The summed E-state index contributed by atoms with van der Waals surface area (Å²) in [4.78, 5) is 7.30. The molecule has 26 heavy (non-hydrogen) atoms. The molecule has 6 aromatic rings. The zero-order chi connectivity index (χ0) is 17.1. The largest absolute Gasteiger partial charge is 0.354 e.